The van der Waals surface area contributed by atoms with Crippen LogP contribution in [0, 0.1) is 0 Å². The molecule has 3 aromatic rings. The van der Waals surface area contributed by atoms with Crippen LogP contribution in [0.3, 0.4) is 0 Å². The average Bonchev–Trinajstić information content (AvgIpc) is 2.91. The number of thiophene rings is 1. The summed E-state index contributed by atoms with van der Waals surface area (Å²) in [6, 6.07) is 12.1. The second-order valence-electron chi connectivity index (χ2n) is 4.19. The van der Waals surface area contributed by atoms with Gasteiger partial charge in [-0.15, -0.1) is 0 Å². The van der Waals surface area contributed by atoms with Gasteiger partial charge in [0.2, 0.25) is 0 Å². The number of halogens is 1. The van der Waals surface area contributed by atoms with Crippen LogP contribution in [0.1, 0.15) is 5.56 Å². The molecule has 1 aromatic carbocycles. The van der Waals surface area contributed by atoms with Crippen molar-refractivity contribution >= 4 is 38.2 Å². The van der Waals surface area contributed by atoms with Gasteiger partial charge in [-0.05, 0) is 50.5 Å². The van der Waals surface area contributed by atoms with Gasteiger partial charge in [0.05, 0.1) is 12.1 Å². The average molecular weight is 334 g/mol. The van der Waals surface area contributed by atoms with Crippen LogP contribution in [0.4, 0.5) is 0 Å². The van der Waals surface area contributed by atoms with Crippen molar-refractivity contribution in [1.82, 2.24) is 4.98 Å². The van der Waals surface area contributed by atoms with Crippen LogP contribution in [-0.4, -0.2) is 11.6 Å². The number of ether oxygens (including phenoxy) is 1. The Morgan fingerprint density at radius 3 is 2.95 bits per heavy atom. The third-order valence-corrected chi connectivity index (χ3v) is 4.01. The van der Waals surface area contributed by atoms with Crippen molar-refractivity contribution in [3.8, 4) is 5.75 Å². The molecule has 0 aliphatic rings. The third kappa shape index (κ3) is 2.96. The second kappa shape index (κ2) is 5.72. The van der Waals surface area contributed by atoms with E-state index in [2.05, 4.69) is 37.7 Å². The molecule has 0 amide bonds. The zero-order valence-electron chi connectivity index (χ0n) is 10.2. The Morgan fingerprint density at radius 1 is 1.21 bits per heavy atom. The molecule has 2 aromatic heterocycles. The van der Waals surface area contributed by atoms with Crippen LogP contribution >= 0.6 is 27.3 Å². The molecule has 2 nitrogen and oxygen atoms in total. The van der Waals surface area contributed by atoms with Gasteiger partial charge in [0.25, 0.3) is 0 Å². The summed E-state index contributed by atoms with van der Waals surface area (Å²) in [6.07, 6.45) is 0.928. The van der Waals surface area contributed by atoms with E-state index in [0.29, 0.717) is 6.61 Å². The predicted octanol–water partition coefficient (Wildman–Crippen LogP) is 4.68. The molecule has 0 bridgehead atoms. The van der Waals surface area contributed by atoms with Crippen LogP contribution in [0.15, 0.2) is 51.8 Å². The molecule has 2 heterocycles. The van der Waals surface area contributed by atoms with Gasteiger partial charge < -0.3 is 4.74 Å². The van der Waals surface area contributed by atoms with Crippen molar-refractivity contribution in [2.45, 2.75) is 6.42 Å². The Balaban J connectivity index is 1.80. The van der Waals surface area contributed by atoms with E-state index in [1.54, 1.807) is 11.3 Å². The Bertz CT molecular complexity index is 682. The van der Waals surface area contributed by atoms with Gasteiger partial charge in [0, 0.05) is 17.9 Å². The first-order valence-corrected chi connectivity index (χ1v) is 7.76. The number of fused-ring (bicyclic) bond motifs is 1. The molecule has 4 heteroatoms. The topological polar surface area (TPSA) is 22.1 Å². The molecule has 0 saturated heterocycles. The summed E-state index contributed by atoms with van der Waals surface area (Å²) in [5.74, 6) is 0.882. The van der Waals surface area contributed by atoms with E-state index in [4.69, 9.17) is 4.74 Å². The lowest BCUT2D eigenvalue weighted by Crippen LogP contribution is -2.01. The molecule has 3 rings (SSSR count). The Morgan fingerprint density at radius 2 is 2.11 bits per heavy atom. The minimum Gasteiger partial charge on any atom is -0.492 e. The first-order chi connectivity index (χ1) is 9.33. The molecule has 0 atom stereocenters. The van der Waals surface area contributed by atoms with E-state index < -0.39 is 0 Å². The van der Waals surface area contributed by atoms with E-state index in [1.807, 2.05) is 30.3 Å². The number of rotatable bonds is 4. The summed E-state index contributed by atoms with van der Waals surface area (Å²) in [4.78, 5) is 4.43. The lowest BCUT2D eigenvalue weighted by molar-refractivity contribution is 0.325. The third-order valence-electron chi connectivity index (χ3n) is 2.88. The van der Waals surface area contributed by atoms with Crippen molar-refractivity contribution in [3.05, 3.63) is 57.3 Å². The van der Waals surface area contributed by atoms with Crippen molar-refractivity contribution in [2.24, 2.45) is 0 Å². The number of hydrogen-bond acceptors (Lipinski definition) is 3. The molecule has 0 N–H and O–H groups in total. The molecule has 96 valence electrons. The van der Waals surface area contributed by atoms with Crippen molar-refractivity contribution in [1.29, 1.82) is 0 Å². The zero-order chi connectivity index (χ0) is 13.1. The summed E-state index contributed by atoms with van der Waals surface area (Å²) in [5.41, 5.74) is 2.27. The number of pyridine rings is 1. The first-order valence-electron chi connectivity index (χ1n) is 6.02. The predicted molar refractivity (Wildman–Crippen MR) is 83.0 cm³/mol. The second-order valence-corrected chi connectivity index (χ2v) is 5.78. The van der Waals surface area contributed by atoms with Crippen molar-refractivity contribution < 1.29 is 4.74 Å². The van der Waals surface area contributed by atoms with Crippen LogP contribution < -0.4 is 4.74 Å². The minimum atomic E-state index is 0.678. The number of aromatic nitrogens is 1. The number of nitrogens with zero attached hydrogens (tertiary/aromatic N) is 1. The van der Waals surface area contributed by atoms with Gasteiger partial charge in [0.15, 0.2) is 0 Å². The fourth-order valence-corrected chi connectivity index (χ4v) is 3.05. The van der Waals surface area contributed by atoms with Gasteiger partial charge >= 0.3 is 0 Å². The zero-order valence-corrected chi connectivity index (χ0v) is 12.6. The maximum absolute atomic E-state index is 5.91. The monoisotopic (exact) mass is 333 g/mol. The Labute approximate surface area is 124 Å². The van der Waals surface area contributed by atoms with E-state index in [9.17, 15) is 0 Å². The molecule has 0 radical (unpaired) electrons. The maximum Gasteiger partial charge on any atom is 0.131 e. The quantitative estimate of drug-likeness (QED) is 0.646. The Kier molecular flexibility index (Phi) is 3.80. The minimum absolute atomic E-state index is 0.678. The van der Waals surface area contributed by atoms with Crippen molar-refractivity contribution in [2.75, 3.05) is 6.61 Å². The largest absolute Gasteiger partial charge is 0.492 e. The highest BCUT2D eigenvalue weighted by Crippen LogP contribution is 2.27. The van der Waals surface area contributed by atoms with Crippen LogP contribution in [0.25, 0.3) is 10.9 Å². The highest BCUT2D eigenvalue weighted by Gasteiger charge is 2.05. The normalized spacial score (nSPS) is 10.8. The Hall–Kier alpha value is -1.39. The molecule has 19 heavy (non-hydrogen) atoms. The summed E-state index contributed by atoms with van der Waals surface area (Å²) in [6.45, 7) is 0.678. The standard InChI is InChI=1S/C15H12BrNOS/c16-15-9-14(12-3-1-2-4-13(12)17-15)18-7-5-11-6-8-19-10-11/h1-4,6,8-10H,5,7H2. The fourth-order valence-electron chi connectivity index (χ4n) is 1.95. The summed E-state index contributed by atoms with van der Waals surface area (Å²) >= 11 is 5.14. The van der Waals surface area contributed by atoms with Crippen LogP contribution in [-0.2, 0) is 6.42 Å². The van der Waals surface area contributed by atoms with E-state index in [1.165, 1.54) is 5.56 Å². The van der Waals surface area contributed by atoms with Crippen LogP contribution in [0.5, 0.6) is 5.75 Å². The van der Waals surface area contributed by atoms with E-state index >= 15 is 0 Å². The first kappa shape index (κ1) is 12.6. The van der Waals surface area contributed by atoms with Crippen molar-refractivity contribution in [3.63, 3.8) is 0 Å². The fraction of sp³-hybridized carbons (Fsp3) is 0.133. The number of para-hydroxylation sites is 1. The highest BCUT2D eigenvalue weighted by atomic mass is 79.9. The van der Waals surface area contributed by atoms with E-state index in [0.717, 1.165) is 27.7 Å². The van der Waals surface area contributed by atoms with Gasteiger partial charge in [0.1, 0.15) is 10.4 Å². The maximum atomic E-state index is 5.91. The SMILES string of the molecule is Brc1cc(OCCc2ccsc2)c2ccccc2n1. The summed E-state index contributed by atoms with van der Waals surface area (Å²) in [5, 5.41) is 5.30. The van der Waals surface area contributed by atoms with Gasteiger partial charge in [-0.1, -0.05) is 12.1 Å². The summed E-state index contributed by atoms with van der Waals surface area (Å²) in [7, 11) is 0. The number of hydrogen-bond donors (Lipinski definition) is 0. The van der Waals surface area contributed by atoms with Gasteiger partial charge in [-0.2, -0.15) is 11.3 Å². The molecule has 0 aliphatic carbocycles. The molecule has 0 unspecified atom stereocenters. The molecule has 0 saturated carbocycles. The molecule has 0 fully saturated rings. The summed E-state index contributed by atoms with van der Waals surface area (Å²) < 4.78 is 6.71. The lowest BCUT2D eigenvalue weighted by Gasteiger charge is -2.09. The van der Waals surface area contributed by atoms with Gasteiger partial charge in [-0.25, -0.2) is 4.98 Å². The highest BCUT2D eigenvalue weighted by molar-refractivity contribution is 9.10. The molecule has 0 spiro atoms. The number of benzene rings is 1. The smallest absolute Gasteiger partial charge is 0.131 e. The van der Waals surface area contributed by atoms with Gasteiger partial charge in [-0.3, -0.25) is 0 Å². The molecule has 0 aliphatic heterocycles. The van der Waals surface area contributed by atoms with E-state index in [-0.39, 0.29) is 0 Å². The molecular weight excluding hydrogens is 322 g/mol. The molecular formula is C15H12BrNOS. The lowest BCUT2D eigenvalue weighted by atomic mass is 10.2. The van der Waals surface area contributed by atoms with Crippen LogP contribution in [0.2, 0.25) is 0 Å².